The van der Waals surface area contributed by atoms with Crippen LogP contribution in [-0.4, -0.2) is 25.5 Å². The number of halogens is 2. The van der Waals surface area contributed by atoms with E-state index in [1.54, 1.807) is 60.7 Å². The highest BCUT2D eigenvalue weighted by Gasteiger charge is 2.10. The van der Waals surface area contributed by atoms with Crippen LogP contribution in [-0.2, 0) is 4.79 Å². The van der Waals surface area contributed by atoms with Crippen molar-refractivity contribution in [1.29, 1.82) is 0 Å². The molecule has 0 unspecified atom stereocenters. The minimum Gasteiger partial charge on any atom is -0.495 e. The normalized spacial score (nSPS) is 10.2. The number of carbonyl (C=O) groups excluding carboxylic acids is 2. The molecule has 3 aromatic carbocycles. The molecule has 0 heterocycles. The van der Waals surface area contributed by atoms with Crippen molar-refractivity contribution in [2.45, 2.75) is 0 Å². The van der Waals surface area contributed by atoms with Gasteiger partial charge in [-0.2, -0.15) is 0 Å². The Hall–Kier alpha value is -3.22. The van der Waals surface area contributed by atoms with Crippen molar-refractivity contribution in [3.63, 3.8) is 0 Å². The van der Waals surface area contributed by atoms with Crippen molar-refractivity contribution in [3.8, 4) is 11.5 Å². The summed E-state index contributed by atoms with van der Waals surface area (Å²) in [4.78, 5) is 24.5. The zero-order chi connectivity index (χ0) is 21.5. The maximum Gasteiger partial charge on any atom is 0.262 e. The lowest BCUT2D eigenvalue weighted by Gasteiger charge is -2.11. The van der Waals surface area contributed by atoms with Gasteiger partial charge in [0.05, 0.1) is 22.8 Å². The van der Waals surface area contributed by atoms with Gasteiger partial charge in [-0.25, -0.2) is 0 Å². The molecule has 154 valence electrons. The van der Waals surface area contributed by atoms with Gasteiger partial charge in [0.2, 0.25) is 0 Å². The standard InChI is InChI=1S/C22H18Cl2N2O4/c1-29-20-5-3-2-4-19(20)26-22(28)14-6-9-16(10-7-14)30-13-21(27)25-15-8-11-17(23)18(24)12-15/h2-12H,13H2,1H3,(H,25,27)(H,26,28). The summed E-state index contributed by atoms with van der Waals surface area (Å²) in [6.07, 6.45) is 0. The number of benzene rings is 3. The van der Waals surface area contributed by atoms with Crippen molar-refractivity contribution < 1.29 is 19.1 Å². The predicted octanol–water partition coefficient (Wildman–Crippen LogP) is 5.27. The number of amides is 2. The molecule has 0 aliphatic carbocycles. The number of anilines is 2. The number of methoxy groups -OCH3 is 1. The molecule has 3 rings (SSSR count). The molecule has 30 heavy (non-hydrogen) atoms. The van der Waals surface area contributed by atoms with E-state index in [0.29, 0.717) is 38.5 Å². The zero-order valence-electron chi connectivity index (χ0n) is 15.9. The molecule has 0 aromatic heterocycles. The lowest BCUT2D eigenvalue weighted by molar-refractivity contribution is -0.118. The second-order valence-corrected chi connectivity index (χ2v) is 6.96. The number of para-hydroxylation sites is 2. The van der Waals surface area contributed by atoms with Gasteiger partial charge in [0.25, 0.3) is 11.8 Å². The van der Waals surface area contributed by atoms with Gasteiger partial charge in [-0.05, 0) is 54.6 Å². The van der Waals surface area contributed by atoms with Crippen LogP contribution >= 0.6 is 23.2 Å². The molecule has 0 aliphatic rings. The first-order valence-corrected chi connectivity index (χ1v) is 9.64. The molecule has 0 bridgehead atoms. The summed E-state index contributed by atoms with van der Waals surface area (Å²) in [5.74, 6) is 0.377. The highest BCUT2D eigenvalue weighted by Crippen LogP contribution is 2.25. The zero-order valence-corrected chi connectivity index (χ0v) is 17.5. The summed E-state index contributed by atoms with van der Waals surface area (Å²) in [6.45, 7) is -0.201. The molecule has 8 heteroatoms. The molecule has 0 aliphatic heterocycles. The lowest BCUT2D eigenvalue weighted by atomic mass is 10.2. The first-order valence-electron chi connectivity index (χ1n) is 8.88. The summed E-state index contributed by atoms with van der Waals surface area (Å²) < 4.78 is 10.7. The summed E-state index contributed by atoms with van der Waals surface area (Å²) in [5, 5.41) is 6.21. The fourth-order valence-corrected chi connectivity index (χ4v) is 2.86. The maximum atomic E-state index is 12.4. The molecule has 3 aromatic rings. The van der Waals surface area contributed by atoms with Crippen LogP contribution in [0.25, 0.3) is 0 Å². The molecule has 0 fully saturated rings. The largest absolute Gasteiger partial charge is 0.495 e. The van der Waals surface area contributed by atoms with E-state index >= 15 is 0 Å². The van der Waals surface area contributed by atoms with Gasteiger partial charge in [0.15, 0.2) is 6.61 Å². The van der Waals surface area contributed by atoms with Crippen LogP contribution in [0.1, 0.15) is 10.4 Å². The molecular formula is C22H18Cl2N2O4. The highest BCUT2D eigenvalue weighted by atomic mass is 35.5. The number of nitrogens with one attached hydrogen (secondary N) is 2. The van der Waals surface area contributed by atoms with E-state index in [0.717, 1.165) is 0 Å². The number of carbonyl (C=O) groups is 2. The Morgan fingerprint density at radius 3 is 2.33 bits per heavy atom. The monoisotopic (exact) mass is 444 g/mol. The van der Waals surface area contributed by atoms with E-state index in [1.165, 1.54) is 7.11 Å². The van der Waals surface area contributed by atoms with Gasteiger partial charge in [-0.15, -0.1) is 0 Å². The van der Waals surface area contributed by atoms with Crippen molar-refractivity contribution >= 4 is 46.4 Å². The quantitative estimate of drug-likeness (QED) is 0.520. The fraction of sp³-hybridized carbons (Fsp3) is 0.0909. The average molecular weight is 445 g/mol. The Morgan fingerprint density at radius 2 is 1.63 bits per heavy atom. The van der Waals surface area contributed by atoms with Crippen molar-refractivity contribution in [2.24, 2.45) is 0 Å². The van der Waals surface area contributed by atoms with Crippen LogP contribution in [0, 0.1) is 0 Å². The van der Waals surface area contributed by atoms with Crippen LogP contribution in [0.4, 0.5) is 11.4 Å². The van der Waals surface area contributed by atoms with E-state index in [4.69, 9.17) is 32.7 Å². The summed E-state index contributed by atoms with van der Waals surface area (Å²) in [6, 6.07) is 18.4. The van der Waals surface area contributed by atoms with E-state index in [-0.39, 0.29) is 18.4 Å². The highest BCUT2D eigenvalue weighted by molar-refractivity contribution is 6.42. The topological polar surface area (TPSA) is 76.7 Å². The van der Waals surface area contributed by atoms with Gasteiger partial charge < -0.3 is 20.1 Å². The van der Waals surface area contributed by atoms with Gasteiger partial charge >= 0.3 is 0 Å². The third-order valence-electron chi connectivity index (χ3n) is 4.04. The number of rotatable bonds is 7. The Balaban J connectivity index is 1.54. The second-order valence-electron chi connectivity index (χ2n) is 6.14. The average Bonchev–Trinajstić information content (AvgIpc) is 2.75. The Bertz CT molecular complexity index is 1060. The molecule has 6 nitrogen and oxygen atoms in total. The molecule has 2 N–H and O–H groups in total. The molecule has 0 saturated carbocycles. The van der Waals surface area contributed by atoms with Crippen LogP contribution in [0.5, 0.6) is 11.5 Å². The predicted molar refractivity (Wildman–Crippen MR) is 118 cm³/mol. The minimum atomic E-state index is -0.355. The third kappa shape index (κ3) is 5.65. The Morgan fingerprint density at radius 1 is 0.900 bits per heavy atom. The lowest BCUT2D eigenvalue weighted by Crippen LogP contribution is -2.20. The fourth-order valence-electron chi connectivity index (χ4n) is 2.56. The molecular weight excluding hydrogens is 427 g/mol. The minimum absolute atomic E-state index is 0.201. The van der Waals surface area contributed by atoms with Gasteiger partial charge in [0, 0.05) is 11.3 Å². The molecule has 0 saturated heterocycles. The molecule has 2 amide bonds. The Labute approximate surface area is 183 Å². The van der Waals surface area contributed by atoms with Gasteiger partial charge in [0.1, 0.15) is 11.5 Å². The maximum absolute atomic E-state index is 12.4. The van der Waals surface area contributed by atoms with Gasteiger partial charge in [-0.1, -0.05) is 35.3 Å². The molecule has 0 spiro atoms. The van der Waals surface area contributed by atoms with E-state index < -0.39 is 0 Å². The van der Waals surface area contributed by atoms with Crippen LogP contribution < -0.4 is 20.1 Å². The van der Waals surface area contributed by atoms with E-state index in [2.05, 4.69) is 10.6 Å². The van der Waals surface area contributed by atoms with Crippen LogP contribution in [0.15, 0.2) is 66.7 Å². The van der Waals surface area contributed by atoms with Crippen molar-refractivity contribution in [3.05, 3.63) is 82.3 Å². The summed E-state index contributed by atoms with van der Waals surface area (Å²) >= 11 is 11.8. The van der Waals surface area contributed by atoms with Crippen LogP contribution in [0.3, 0.4) is 0 Å². The Kier molecular flexibility index (Phi) is 7.17. The van der Waals surface area contributed by atoms with E-state index in [9.17, 15) is 9.59 Å². The van der Waals surface area contributed by atoms with E-state index in [1.807, 2.05) is 6.07 Å². The molecule has 0 atom stereocenters. The van der Waals surface area contributed by atoms with Crippen LogP contribution in [0.2, 0.25) is 10.0 Å². The summed E-state index contributed by atoms with van der Waals surface area (Å²) in [7, 11) is 1.54. The van der Waals surface area contributed by atoms with Crippen molar-refractivity contribution in [1.82, 2.24) is 0 Å². The first-order chi connectivity index (χ1) is 14.5. The second kappa shape index (κ2) is 10.0. The van der Waals surface area contributed by atoms with Gasteiger partial charge in [-0.3, -0.25) is 9.59 Å². The van der Waals surface area contributed by atoms with Crippen molar-refractivity contribution in [2.75, 3.05) is 24.4 Å². The SMILES string of the molecule is COc1ccccc1NC(=O)c1ccc(OCC(=O)Nc2ccc(Cl)c(Cl)c2)cc1. The number of ether oxygens (including phenoxy) is 2. The summed E-state index contributed by atoms with van der Waals surface area (Å²) in [5.41, 5.74) is 1.53. The molecule has 0 radical (unpaired) electrons. The number of hydrogen-bond donors (Lipinski definition) is 2. The number of hydrogen-bond acceptors (Lipinski definition) is 4. The smallest absolute Gasteiger partial charge is 0.262 e. The first kappa shape index (κ1) is 21.5. The third-order valence-corrected chi connectivity index (χ3v) is 4.78.